The molecule has 0 heterocycles. The number of halogens is 1. The number of nitrogens with zero attached hydrogens (tertiary/aromatic N) is 1. The molecule has 8 heteroatoms. The Morgan fingerprint density at radius 3 is 2.58 bits per heavy atom. The second-order valence-electron chi connectivity index (χ2n) is 6.40. The van der Waals surface area contributed by atoms with Gasteiger partial charge in [0.1, 0.15) is 11.6 Å². The number of carbonyl (C=O) groups excluding carboxylic acids is 2. The summed E-state index contributed by atoms with van der Waals surface area (Å²) in [7, 11) is 1.45. The van der Waals surface area contributed by atoms with Crippen molar-refractivity contribution in [3.8, 4) is 17.6 Å². The number of hydrogen-bond donors (Lipinski definition) is 1. The summed E-state index contributed by atoms with van der Waals surface area (Å²) in [5.74, 6) is -0.346. The molecular weight excluding hydrogens is 464 g/mol. The summed E-state index contributed by atoms with van der Waals surface area (Å²) in [5.41, 5.74) is 1.42. The van der Waals surface area contributed by atoms with Crippen LogP contribution in [-0.4, -0.2) is 32.2 Å². The molecule has 1 N–H and O–H groups in total. The maximum atomic E-state index is 12.6. The standard InChI is InChI=1S/C23H23BrN2O5/c1-4-30-21(27)14-31-22-19(24)11-16(12-20(22)29-3)10-18(13-25)23(28)26-15(2)17-8-6-5-7-9-17/h5-12,15H,4,14H2,1-3H3,(H,26,28)/b18-10-/t15-/m0/s1. The predicted molar refractivity (Wildman–Crippen MR) is 119 cm³/mol. The summed E-state index contributed by atoms with van der Waals surface area (Å²) in [6.07, 6.45) is 1.45. The highest BCUT2D eigenvalue weighted by atomic mass is 79.9. The molecule has 0 saturated carbocycles. The number of ether oxygens (including phenoxy) is 3. The van der Waals surface area contributed by atoms with Crippen LogP contribution in [0.1, 0.15) is 31.0 Å². The van der Waals surface area contributed by atoms with Crippen molar-refractivity contribution in [1.29, 1.82) is 5.26 Å². The number of amides is 1. The molecule has 31 heavy (non-hydrogen) atoms. The van der Waals surface area contributed by atoms with Gasteiger partial charge >= 0.3 is 5.97 Å². The van der Waals surface area contributed by atoms with E-state index in [4.69, 9.17) is 14.2 Å². The van der Waals surface area contributed by atoms with Gasteiger partial charge in [0.15, 0.2) is 18.1 Å². The van der Waals surface area contributed by atoms with E-state index in [1.807, 2.05) is 43.3 Å². The first-order chi connectivity index (χ1) is 14.9. The molecule has 0 aliphatic carbocycles. The lowest BCUT2D eigenvalue weighted by molar-refractivity contribution is -0.145. The highest BCUT2D eigenvalue weighted by molar-refractivity contribution is 9.10. The first-order valence-electron chi connectivity index (χ1n) is 9.53. The first-order valence-corrected chi connectivity index (χ1v) is 10.3. The molecule has 0 aromatic heterocycles. The fraction of sp³-hybridized carbons (Fsp3) is 0.261. The third kappa shape index (κ3) is 6.86. The van der Waals surface area contributed by atoms with E-state index < -0.39 is 11.9 Å². The second kappa shape index (κ2) is 11.8. The van der Waals surface area contributed by atoms with Crippen molar-refractivity contribution in [2.24, 2.45) is 0 Å². The van der Waals surface area contributed by atoms with Crippen molar-refractivity contribution in [3.05, 3.63) is 63.6 Å². The normalized spacial score (nSPS) is 11.8. The van der Waals surface area contributed by atoms with Gasteiger partial charge in [0, 0.05) is 0 Å². The molecule has 7 nitrogen and oxygen atoms in total. The molecule has 162 valence electrons. The average Bonchev–Trinajstić information content (AvgIpc) is 2.76. The van der Waals surface area contributed by atoms with Crippen LogP contribution in [0, 0.1) is 11.3 Å². The number of methoxy groups -OCH3 is 1. The summed E-state index contributed by atoms with van der Waals surface area (Å²) >= 11 is 3.38. The molecule has 0 aliphatic rings. The summed E-state index contributed by atoms with van der Waals surface area (Å²) in [4.78, 5) is 24.1. The van der Waals surface area contributed by atoms with Gasteiger partial charge in [-0.25, -0.2) is 4.79 Å². The maximum Gasteiger partial charge on any atom is 0.344 e. The van der Waals surface area contributed by atoms with Crippen LogP contribution in [0.25, 0.3) is 6.08 Å². The Morgan fingerprint density at radius 2 is 1.97 bits per heavy atom. The zero-order valence-corrected chi connectivity index (χ0v) is 19.1. The van der Waals surface area contributed by atoms with Gasteiger partial charge in [-0.1, -0.05) is 30.3 Å². The molecular formula is C23H23BrN2O5. The van der Waals surface area contributed by atoms with E-state index in [9.17, 15) is 14.9 Å². The smallest absolute Gasteiger partial charge is 0.344 e. The Kier molecular flexibility index (Phi) is 9.10. The van der Waals surface area contributed by atoms with Crippen LogP contribution in [0.3, 0.4) is 0 Å². The first kappa shape index (κ1) is 24.0. The lowest BCUT2D eigenvalue weighted by atomic mass is 10.1. The molecule has 0 saturated heterocycles. The Bertz CT molecular complexity index is 999. The van der Waals surface area contributed by atoms with E-state index in [2.05, 4.69) is 21.2 Å². The molecule has 0 unspecified atom stereocenters. The molecule has 2 rings (SSSR count). The van der Waals surface area contributed by atoms with E-state index in [-0.39, 0.29) is 24.8 Å². The van der Waals surface area contributed by atoms with Crippen molar-refractivity contribution in [2.75, 3.05) is 20.3 Å². The Balaban J connectivity index is 2.21. The number of nitrogens with one attached hydrogen (secondary N) is 1. The third-order valence-corrected chi connectivity index (χ3v) is 4.80. The van der Waals surface area contributed by atoms with Crippen LogP contribution in [0.4, 0.5) is 0 Å². The lowest BCUT2D eigenvalue weighted by Crippen LogP contribution is -2.27. The third-order valence-electron chi connectivity index (χ3n) is 4.21. The molecule has 0 spiro atoms. The number of rotatable bonds is 9. The molecule has 0 bridgehead atoms. The zero-order valence-electron chi connectivity index (χ0n) is 17.5. The molecule has 0 fully saturated rings. The van der Waals surface area contributed by atoms with Crippen molar-refractivity contribution < 1.29 is 23.8 Å². The predicted octanol–water partition coefficient (Wildman–Crippen LogP) is 4.18. The molecule has 2 aromatic carbocycles. The van der Waals surface area contributed by atoms with E-state index in [0.29, 0.717) is 21.5 Å². The SMILES string of the molecule is CCOC(=O)COc1c(Br)cc(/C=C(/C#N)C(=O)N[C@@H](C)c2ccccc2)cc1OC. The number of esters is 1. The van der Waals surface area contributed by atoms with Crippen LogP contribution in [0.15, 0.2) is 52.5 Å². The minimum absolute atomic E-state index is 0.0584. The van der Waals surface area contributed by atoms with Gasteiger partial charge in [-0.15, -0.1) is 0 Å². The van der Waals surface area contributed by atoms with Gasteiger partial charge in [-0.05, 0) is 59.1 Å². The monoisotopic (exact) mass is 486 g/mol. The topological polar surface area (TPSA) is 97.7 Å². The average molecular weight is 487 g/mol. The Hall–Kier alpha value is -3.31. The highest BCUT2D eigenvalue weighted by Crippen LogP contribution is 2.37. The summed E-state index contributed by atoms with van der Waals surface area (Å²) < 4.78 is 16.2. The second-order valence-corrected chi connectivity index (χ2v) is 7.26. The minimum Gasteiger partial charge on any atom is -0.493 e. The van der Waals surface area contributed by atoms with Gasteiger partial charge in [0.25, 0.3) is 5.91 Å². The van der Waals surface area contributed by atoms with E-state index in [1.165, 1.54) is 13.2 Å². The molecule has 2 aromatic rings. The van der Waals surface area contributed by atoms with Crippen molar-refractivity contribution in [2.45, 2.75) is 19.9 Å². The van der Waals surface area contributed by atoms with Crippen LogP contribution < -0.4 is 14.8 Å². The maximum absolute atomic E-state index is 12.6. The number of hydrogen-bond acceptors (Lipinski definition) is 6. The van der Waals surface area contributed by atoms with Gasteiger partial charge in [-0.3, -0.25) is 4.79 Å². The summed E-state index contributed by atoms with van der Waals surface area (Å²) in [6, 6.07) is 14.4. The van der Waals surface area contributed by atoms with Crippen LogP contribution >= 0.6 is 15.9 Å². The quantitative estimate of drug-likeness (QED) is 0.324. The minimum atomic E-state index is -0.503. The van der Waals surface area contributed by atoms with Crippen molar-refractivity contribution in [1.82, 2.24) is 5.32 Å². The zero-order chi connectivity index (χ0) is 22.8. The molecule has 1 amide bonds. The highest BCUT2D eigenvalue weighted by Gasteiger charge is 2.17. The number of carbonyl (C=O) groups is 2. The molecule has 0 aliphatic heterocycles. The Labute approximate surface area is 189 Å². The molecule has 0 radical (unpaired) electrons. The van der Waals surface area contributed by atoms with Crippen molar-refractivity contribution >= 4 is 33.9 Å². The Morgan fingerprint density at radius 1 is 1.26 bits per heavy atom. The van der Waals surface area contributed by atoms with E-state index >= 15 is 0 Å². The van der Waals surface area contributed by atoms with Crippen molar-refractivity contribution in [3.63, 3.8) is 0 Å². The van der Waals surface area contributed by atoms with Crippen LogP contribution in [-0.2, 0) is 14.3 Å². The molecule has 1 atom stereocenters. The number of benzene rings is 2. The summed E-state index contributed by atoms with van der Waals surface area (Å²) in [5, 5.41) is 12.3. The number of nitriles is 1. The van der Waals surface area contributed by atoms with Crippen LogP contribution in [0.2, 0.25) is 0 Å². The lowest BCUT2D eigenvalue weighted by Gasteiger charge is -2.14. The van der Waals surface area contributed by atoms with E-state index in [0.717, 1.165) is 5.56 Å². The van der Waals surface area contributed by atoms with E-state index in [1.54, 1.807) is 19.1 Å². The fourth-order valence-corrected chi connectivity index (χ4v) is 3.29. The van der Waals surface area contributed by atoms with Gasteiger partial charge < -0.3 is 19.5 Å². The fourth-order valence-electron chi connectivity index (χ4n) is 2.71. The summed E-state index contributed by atoms with van der Waals surface area (Å²) in [6.45, 7) is 3.53. The van der Waals surface area contributed by atoms with Gasteiger partial charge in [0.2, 0.25) is 0 Å². The largest absolute Gasteiger partial charge is 0.493 e. The van der Waals surface area contributed by atoms with Crippen LogP contribution in [0.5, 0.6) is 11.5 Å². The van der Waals surface area contributed by atoms with Gasteiger partial charge in [0.05, 0.1) is 24.2 Å². The van der Waals surface area contributed by atoms with Gasteiger partial charge in [-0.2, -0.15) is 5.26 Å².